The van der Waals surface area contributed by atoms with E-state index < -0.39 is 0 Å². The predicted molar refractivity (Wildman–Crippen MR) is 123 cm³/mol. The highest BCUT2D eigenvalue weighted by atomic mass is 16.5. The number of carbonyl (C=O) groups excluding carboxylic acids is 1. The van der Waals surface area contributed by atoms with E-state index in [0.29, 0.717) is 18.1 Å². The van der Waals surface area contributed by atoms with E-state index in [9.17, 15) is 4.79 Å². The smallest absolute Gasteiger partial charge is 0.257 e. The van der Waals surface area contributed by atoms with Crippen LogP contribution in [-0.2, 0) is 6.54 Å². The lowest BCUT2D eigenvalue weighted by Crippen LogP contribution is -2.37. The van der Waals surface area contributed by atoms with Crippen molar-refractivity contribution in [3.63, 3.8) is 0 Å². The Labute approximate surface area is 184 Å². The molecule has 3 heterocycles. The van der Waals surface area contributed by atoms with E-state index in [1.807, 2.05) is 35.4 Å². The van der Waals surface area contributed by atoms with E-state index in [1.54, 1.807) is 0 Å². The minimum atomic E-state index is 0.110. The Bertz CT molecular complexity index is 1040. The number of aromatic nitrogens is 1. The van der Waals surface area contributed by atoms with Crippen molar-refractivity contribution >= 4 is 16.8 Å². The van der Waals surface area contributed by atoms with Gasteiger partial charge in [-0.25, -0.2) is 0 Å². The number of nitrogens with one attached hydrogen (secondary N) is 1. The van der Waals surface area contributed by atoms with Crippen LogP contribution in [0.25, 0.3) is 10.9 Å². The van der Waals surface area contributed by atoms with Crippen molar-refractivity contribution in [2.45, 2.75) is 32.2 Å². The second-order valence-electron chi connectivity index (χ2n) is 8.95. The van der Waals surface area contributed by atoms with Gasteiger partial charge in [-0.05, 0) is 73.5 Å². The number of aromatic amines is 1. The molecule has 31 heavy (non-hydrogen) atoms. The summed E-state index contributed by atoms with van der Waals surface area (Å²) in [6.07, 6.45) is 6.56. The fourth-order valence-corrected chi connectivity index (χ4v) is 4.96. The van der Waals surface area contributed by atoms with E-state index in [4.69, 9.17) is 4.74 Å². The third kappa shape index (κ3) is 4.62. The molecule has 2 aromatic carbocycles. The molecule has 5 nitrogen and oxygen atoms in total. The average Bonchev–Trinajstić information content (AvgIpc) is 3.50. The second kappa shape index (κ2) is 9.15. The van der Waals surface area contributed by atoms with Crippen LogP contribution >= 0.6 is 0 Å². The quantitative estimate of drug-likeness (QED) is 0.633. The number of rotatable bonds is 6. The molecule has 1 amide bonds. The van der Waals surface area contributed by atoms with Crippen LogP contribution in [0.2, 0.25) is 0 Å². The van der Waals surface area contributed by atoms with Gasteiger partial charge in [0.05, 0.1) is 12.2 Å². The third-order valence-electron chi connectivity index (χ3n) is 6.61. The first kappa shape index (κ1) is 20.1. The molecule has 0 aliphatic carbocycles. The summed E-state index contributed by atoms with van der Waals surface area (Å²) >= 11 is 0. The molecule has 0 spiro atoms. The maximum absolute atomic E-state index is 12.9. The number of fused-ring (bicyclic) bond motifs is 1. The normalized spacial score (nSPS) is 19.7. The standard InChI is InChI=1S/C26H31N3O2/c30-26(29-14-3-4-15-29)23-7-1-2-8-25(23)31-19-21-6-5-13-28(18-21)17-20-9-10-24-22(16-20)11-12-27-24/h1-2,7-12,16,21,27H,3-6,13-15,17-19H2. The Morgan fingerprint density at radius 1 is 1.03 bits per heavy atom. The number of hydrogen-bond acceptors (Lipinski definition) is 3. The van der Waals surface area contributed by atoms with Crippen LogP contribution in [0.15, 0.2) is 54.7 Å². The molecule has 1 N–H and O–H groups in total. The van der Waals surface area contributed by atoms with Gasteiger partial charge in [0.2, 0.25) is 0 Å². The molecule has 3 aromatic rings. The molecule has 2 aliphatic heterocycles. The molecule has 1 unspecified atom stereocenters. The van der Waals surface area contributed by atoms with E-state index >= 15 is 0 Å². The zero-order valence-corrected chi connectivity index (χ0v) is 18.1. The van der Waals surface area contributed by atoms with Gasteiger partial charge in [-0.3, -0.25) is 9.69 Å². The van der Waals surface area contributed by atoms with Crippen molar-refractivity contribution in [2.24, 2.45) is 5.92 Å². The first-order valence-electron chi connectivity index (χ1n) is 11.6. The Morgan fingerprint density at radius 2 is 1.90 bits per heavy atom. The average molecular weight is 418 g/mol. The van der Waals surface area contributed by atoms with Crippen LogP contribution in [0.1, 0.15) is 41.6 Å². The van der Waals surface area contributed by atoms with Gasteiger partial charge in [0, 0.05) is 43.8 Å². The topological polar surface area (TPSA) is 48.6 Å². The molecule has 2 fully saturated rings. The number of para-hydroxylation sites is 1. The number of benzene rings is 2. The number of hydrogen-bond donors (Lipinski definition) is 1. The van der Waals surface area contributed by atoms with Crippen LogP contribution in [0.3, 0.4) is 0 Å². The lowest BCUT2D eigenvalue weighted by atomic mass is 9.98. The van der Waals surface area contributed by atoms with Crippen LogP contribution < -0.4 is 4.74 Å². The SMILES string of the molecule is O=C(c1ccccc1OCC1CCCN(Cc2ccc3[nH]ccc3c2)C1)N1CCCC1. The summed E-state index contributed by atoms with van der Waals surface area (Å²) in [5.41, 5.74) is 3.25. The highest BCUT2D eigenvalue weighted by molar-refractivity contribution is 5.97. The van der Waals surface area contributed by atoms with E-state index in [1.165, 1.54) is 29.3 Å². The second-order valence-corrected chi connectivity index (χ2v) is 8.95. The largest absolute Gasteiger partial charge is 0.492 e. The Kier molecular flexibility index (Phi) is 5.94. The summed E-state index contributed by atoms with van der Waals surface area (Å²) in [4.78, 5) is 20.6. The Hall–Kier alpha value is -2.79. The first-order chi connectivity index (χ1) is 15.3. The number of likely N-dealkylation sites (tertiary alicyclic amines) is 2. The zero-order valence-electron chi connectivity index (χ0n) is 18.1. The lowest BCUT2D eigenvalue weighted by molar-refractivity contribution is 0.0784. The van der Waals surface area contributed by atoms with Gasteiger partial charge in [0.25, 0.3) is 5.91 Å². The predicted octanol–water partition coefficient (Wildman–Crippen LogP) is 4.69. The van der Waals surface area contributed by atoms with E-state index in [0.717, 1.165) is 51.3 Å². The van der Waals surface area contributed by atoms with Crippen molar-refractivity contribution in [3.05, 3.63) is 65.9 Å². The number of ether oxygens (including phenoxy) is 1. The van der Waals surface area contributed by atoms with Gasteiger partial charge in [-0.1, -0.05) is 18.2 Å². The van der Waals surface area contributed by atoms with Crippen LogP contribution in [0, 0.1) is 5.92 Å². The highest BCUT2D eigenvalue weighted by Crippen LogP contribution is 2.25. The summed E-state index contributed by atoms with van der Waals surface area (Å²) < 4.78 is 6.22. The number of amides is 1. The van der Waals surface area contributed by atoms with Crippen molar-refractivity contribution in [3.8, 4) is 5.75 Å². The molecule has 5 heteroatoms. The fourth-order valence-electron chi connectivity index (χ4n) is 4.96. The fraction of sp³-hybridized carbons (Fsp3) is 0.423. The molecule has 0 bridgehead atoms. The number of H-pyrrole nitrogens is 1. The number of piperidine rings is 1. The van der Waals surface area contributed by atoms with Gasteiger partial charge in [-0.2, -0.15) is 0 Å². The molecule has 162 valence electrons. The van der Waals surface area contributed by atoms with Crippen molar-refractivity contribution in [1.82, 2.24) is 14.8 Å². The molecular weight excluding hydrogens is 386 g/mol. The minimum Gasteiger partial charge on any atom is -0.492 e. The number of carbonyl (C=O) groups is 1. The zero-order chi connectivity index (χ0) is 21.0. The first-order valence-corrected chi connectivity index (χ1v) is 11.6. The van der Waals surface area contributed by atoms with Crippen molar-refractivity contribution < 1.29 is 9.53 Å². The van der Waals surface area contributed by atoms with Crippen LogP contribution in [0.4, 0.5) is 0 Å². The number of nitrogens with zero attached hydrogens (tertiary/aromatic N) is 2. The Morgan fingerprint density at radius 3 is 2.81 bits per heavy atom. The van der Waals surface area contributed by atoms with Gasteiger partial charge in [0.1, 0.15) is 5.75 Å². The van der Waals surface area contributed by atoms with Gasteiger partial charge >= 0.3 is 0 Å². The van der Waals surface area contributed by atoms with E-state index in [-0.39, 0.29) is 5.91 Å². The minimum absolute atomic E-state index is 0.110. The van der Waals surface area contributed by atoms with Crippen LogP contribution in [0.5, 0.6) is 5.75 Å². The van der Waals surface area contributed by atoms with Crippen molar-refractivity contribution in [2.75, 3.05) is 32.8 Å². The lowest BCUT2D eigenvalue weighted by Gasteiger charge is -2.32. The summed E-state index contributed by atoms with van der Waals surface area (Å²) in [6.45, 7) is 5.52. The summed E-state index contributed by atoms with van der Waals surface area (Å²) in [5, 5.41) is 1.27. The van der Waals surface area contributed by atoms with Gasteiger partial charge in [-0.15, -0.1) is 0 Å². The molecule has 1 aromatic heterocycles. The molecule has 0 saturated carbocycles. The third-order valence-corrected chi connectivity index (χ3v) is 6.61. The molecular formula is C26H31N3O2. The molecule has 0 radical (unpaired) electrons. The molecule has 5 rings (SSSR count). The van der Waals surface area contributed by atoms with E-state index in [2.05, 4.69) is 34.1 Å². The summed E-state index contributed by atoms with van der Waals surface area (Å²) in [5.74, 6) is 1.33. The molecule has 2 saturated heterocycles. The maximum atomic E-state index is 12.9. The monoisotopic (exact) mass is 417 g/mol. The van der Waals surface area contributed by atoms with Gasteiger partial charge in [0.15, 0.2) is 0 Å². The molecule has 1 atom stereocenters. The van der Waals surface area contributed by atoms with Gasteiger partial charge < -0.3 is 14.6 Å². The van der Waals surface area contributed by atoms with Crippen LogP contribution in [-0.4, -0.2) is 53.5 Å². The van der Waals surface area contributed by atoms with Crippen molar-refractivity contribution in [1.29, 1.82) is 0 Å². The Balaban J connectivity index is 1.19. The summed E-state index contributed by atoms with van der Waals surface area (Å²) in [6, 6.07) is 16.5. The highest BCUT2D eigenvalue weighted by Gasteiger charge is 2.24. The molecule has 2 aliphatic rings. The summed E-state index contributed by atoms with van der Waals surface area (Å²) in [7, 11) is 0. The maximum Gasteiger partial charge on any atom is 0.257 e.